The molecule has 0 heterocycles. The Kier molecular flexibility index (Phi) is 12.8. The lowest BCUT2D eigenvalue weighted by atomic mass is 9.85. The summed E-state index contributed by atoms with van der Waals surface area (Å²) in [5.41, 5.74) is 0. The zero-order valence-corrected chi connectivity index (χ0v) is 25.0. The summed E-state index contributed by atoms with van der Waals surface area (Å²) in [6.07, 6.45) is -43.9. The molecule has 0 rings (SSSR count). The third kappa shape index (κ3) is 7.03. The summed E-state index contributed by atoms with van der Waals surface area (Å²) < 4.78 is 496. The van der Waals surface area contributed by atoms with Crippen molar-refractivity contribution in [2.75, 3.05) is 0 Å². The van der Waals surface area contributed by atoms with E-state index in [1.54, 1.807) is 0 Å². The molecule has 350 valence electrons. The van der Waals surface area contributed by atoms with Gasteiger partial charge in [-0.25, -0.2) is 9.47 Å². The van der Waals surface area contributed by atoms with Gasteiger partial charge in [-0.15, -0.1) is 0 Å². The van der Waals surface area contributed by atoms with E-state index in [4.69, 9.17) is 4.55 Å². The summed E-state index contributed by atoms with van der Waals surface area (Å²) in [7, 11) is -8.10. The molecule has 0 saturated heterocycles. The van der Waals surface area contributed by atoms with Gasteiger partial charge in [-0.1, -0.05) is 0 Å². The van der Waals surface area contributed by atoms with E-state index >= 15 is 0 Å². The highest BCUT2D eigenvalue weighted by atomic mass is 32.2. The van der Waals surface area contributed by atoms with E-state index in [1.165, 1.54) is 0 Å². The van der Waals surface area contributed by atoms with Crippen molar-refractivity contribution in [3.05, 3.63) is 0 Å². The zero-order valence-electron chi connectivity index (χ0n) is 24.2. The van der Waals surface area contributed by atoms with Crippen molar-refractivity contribution in [2.45, 2.75) is 101 Å². The first-order chi connectivity index (χ1) is 24.2. The lowest BCUT2D eigenvalue weighted by Gasteiger charge is -2.45. The van der Waals surface area contributed by atoms with Crippen LogP contribution in [0, 0.1) is 0 Å². The van der Waals surface area contributed by atoms with Crippen LogP contribution in [0.15, 0.2) is 0 Å². The molecule has 0 unspecified atom stereocenters. The Bertz CT molecular complexity index is 1620. The summed E-state index contributed by atoms with van der Waals surface area (Å²) >= 11 is 0. The van der Waals surface area contributed by atoms with Gasteiger partial charge in [0.15, 0.2) is 0 Å². The van der Waals surface area contributed by atoms with E-state index in [0.29, 0.717) is 4.74 Å². The Morgan fingerprint density at radius 1 is 0.259 bits per heavy atom. The van der Waals surface area contributed by atoms with Crippen LogP contribution < -0.4 is 0 Å². The normalized spacial score (nSPS) is 17.2. The molecule has 0 radical (unpaired) electrons. The quantitative estimate of drug-likeness (QED) is 0.109. The predicted molar refractivity (Wildman–Crippen MR) is 98.9 cm³/mol. The topological polar surface area (TPSA) is 72.8 Å². The van der Waals surface area contributed by atoms with Crippen LogP contribution in [0.3, 0.4) is 0 Å². The molecule has 0 bridgehead atoms. The molecule has 0 aliphatic carbocycles. The minimum Gasteiger partial charge on any atom is -0.281 e. The number of ether oxygens (including phenoxy) is 2. The summed E-state index contributed by atoms with van der Waals surface area (Å²) in [4.78, 5) is 0. The van der Waals surface area contributed by atoms with Crippen molar-refractivity contribution in [1.82, 2.24) is 0 Å². The average Bonchev–Trinajstić information content (AvgIpc) is 2.93. The van der Waals surface area contributed by atoms with E-state index < -0.39 is 111 Å². The predicted octanol–water partition coefficient (Wildman–Crippen LogP) is 10.4. The fraction of sp³-hybridized carbons (Fsp3) is 1.00. The molecule has 0 aromatic heterocycles. The fourth-order valence-corrected chi connectivity index (χ4v) is 3.28. The van der Waals surface area contributed by atoms with Crippen molar-refractivity contribution in [2.24, 2.45) is 0 Å². The van der Waals surface area contributed by atoms with Crippen LogP contribution in [-0.2, 0) is 19.6 Å². The Morgan fingerprint density at radius 3 is 0.621 bits per heavy atom. The SMILES string of the molecule is O=S(=O)(O)C(F)(F)C(F)(F)C(F)(F)OC(F)(F)C(F)(F)OC(F)(F)C(F)(F)C(F)(F)C(F)(F)C(F)(F)C(F)(F)C(F)(F)C(F)(F)C(F)(F)C(F)(F)C(F)(F)C(F)(F)F. The molecule has 0 amide bonds. The van der Waals surface area contributed by atoms with E-state index in [9.17, 15) is 162 Å². The smallest absolute Gasteiger partial charge is 0.281 e. The molecule has 41 heteroatoms. The summed E-state index contributed by atoms with van der Waals surface area (Å²) in [6.45, 7) is 0. The summed E-state index contributed by atoms with van der Waals surface area (Å²) in [5.74, 6) is -107. The third-order valence-corrected chi connectivity index (χ3v) is 7.08. The van der Waals surface area contributed by atoms with Crippen LogP contribution in [-0.4, -0.2) is 114 Å². The van der Waals surface area contributed by atoms with Crippen molar-refractivity contribution >= 4 is 10.1 Å². The molecule has 0 aliphatic rings. The standard InChI is InChI=1S/C17HF35O5S/c18-1(19,3(22,23)5(26,27)7(30,31)9(34,35)12(40,41)42)2(20,21)4(24,25)6(28,29)8(32,33)10(36,37)13(43,44)56-15(47,48)16(49,50)57-14(45,46)11(38,39)17(51,52)58(53,54)55/h(H,53,54,55). The molecule has 0 saturated carbocycles. The van der Waals surface area contributed by atoms with Crippen molar-refractivity contribution < 1.29 is 176 Å². The van der Waals surface area contributed by atoms with Gasteiger partial charge in [-0.05, 0) is 0 Å². The summed E-state index contributed by atoms with van der Waals surface area (Å²) in [5, 5.41) is -7.97. The van der Waals surface area contributed by atoms with Gasteiger partial charge in [-0.2, -0.15) is 162 Å². The minimum absolute atomic E-state index is 0.625. The number of hydrogen-bond donors (Lipinski definition) is 1. The van der Waals surface area contributed by atoms with Crippen LogP contribution in [0.2, 0.25) is 0 Å². The average molecular weight is 982 g/mol. The zero-order chi connectivity index (χ0) is 48.4. The first-order valence-corrected chi connectivity index (χ1v) is 13.1. The highest BCUT2D eigenvalue weighted by molar-refractivity contribution is 7.87. The van der Waals surface area contributed by atoms with E-state index in [-0.39, 0.29) is 0 Å². The van der Waals surface area contributed by atoms with Gasteiger partial charge in [0.1, 0.15) is 0 Å². The number of hydrogen-bond acceptors (Lipinski definition) is 4. The van der Waals surface area contributed by atoms with Gasteiger partial charge in [0, 0.05) is 0 Å². The third-order valence-electron chi connectivity index (χ3n) is 6.18. The summed E-state index contributed by atoms with van der Waals surface area (Å²) in [6, 6.07) is 0. The van der Waals surface area contributed by atoms with Crippen LogP contribution in [0.1, 0.15) is 0 Å². The maximum absolute atomic E-state index is 13.8. The van der Waals surface area contributed by atoms with Crippen LogP contribution in [0.4, 0.5) is 154 Å². The Balaban J connectivity index is 7.42. The molecule has 0 spiro atoms. The highest BCUT2D eigenvalue weighted by Gasteiger charge is 3.00. The Labute approximate surface area is 288 Å². The molecule has 0 atom stereocenters. The molecular weight excluding hydrogens is 981 g/mol. The number of rotatable bonds is 18. The molecule has 5 nitrogen and oxygen atoms in total. The monoisotopic (exact) mass is 982 g/mol. The van der Waals surface area contributed by atoms with Gasteiger partial charge in [0.05, 0.1) is 0 Å². The first kappa shape index (κ1) is 55.4. The molecule has 0 aromatic carbocycles. The molecule has 1 N–H and O–H groups in total. The largest absolute Gasteiger partial charge is 0.460 e. The van der Waals surface area contributed by atoms with Gasteiger partial charge < -0.3 is 0 Å². The minimum atomic E-state index is -10.2. The van der Waals surface area contributed by atoms with Crippen molar-refractivity contribution in [3.63, 3.8) is 0 Å². The van der Waals surface area contributed by atoms with Gasteiger partial charge >= 0.3 is 111 Å². The van der Waals surface area contributed by atoms with Gasteiger partial charge in [0.2, 0.25) is 0 Å². The number of halogens is 35. The number of alkyl halides is 35. The second kappa shape index (κ2) is 13.4. The van der Waals surface area contributed by atoms with E-state index in [1.807, 2.05) is 0 Å². The van der Waals surface area contributed by atoms with Crippen molar-refractivity contribution in [3.8, 4) is 0 Å². The van der Waals surface area contributed by atoms with E-state index in [2.05, 4.69) is 0 Å². The molecule has 0 aliphatic heterocycles. The van der Waals surface area contributed by atoms with Crippen LogP contribution in [0.25, 0.3) is 0 Å². The molecule has 0 aromatic rings. The van der Waals surface area contributed by atoms with Gasteiger partial charge in [0.25, 0.3) is 0 Å². The molecule has 0 fully saturated rings. The van der Waals surface area contributed by atoms with Crippen molar-refractivity contribution in [1.29, 1.82) is 0 Å². The lowest BCUT2D eigenvalue weighted by molar-refractivity contribution is -0.555. The Hall–Kier alpha value is -2.62. The lowest BCUT2D eigenvalue weighted by Crippen LogP contribution is -2.78. The first-order valence-electron chi connectivity index (χ1n) is 11.7. The van der Waals surface area contributed by atoms with E-state index in [0.717, 1.165) is 4.74 Å². The molecule has 58 heavy (non-hydrogen) atoms. The maximum atomic E-state index is 13.8. The Morgan fingerprint density at radius 2 is 0.431 bits per heavy atom. The second-order valence-corrected chi connectivity index (χ2v) is 11.5. The van der Waals surface area contributed by atoms with Gasteiger partial charge in [-0.3, -0.25) is 4.55 Å². The van der Waals surface area contributed by atoms with Crippen LogP contribution in [0.5, 0.6) is 0 Å². The molecular formula is C17HF35O5S. The van der Waals surface area contributed by atoms with Crippen LogP contribution >= 0.6 is 0 Å². The second-order valence-electron chi connectivity index (χ2n) is 10.1. The maximum Gasteiger partial charge on any atom is 0.460 e. The fourth-order valence-electron chi connectivity index (χ4n) is 2.84. The highest BCUT2D eigenvalue weighted by Crippen LogP contribution is 2.68.